The van der Waals surface area contributed by atoms with Gasteiger partial charge in [-0.15, -0.1) is 0 Å². The van der Waals surface area contributed by atoms with Crippen molar-refractivity contribution in [3.05, 3.63) is 54.1 Å². The molecule has 1 aliphatic carbocycles. The molecule has 0 heterocycles. The lowest BCUT2D eigenvalue weighted by atomic mass is 9.88. The third-order valence-corrected chi connectivity index (χ3v) is 5.18. The molecule has 30 heavy (non-hydrogen) atoms. The highest BCUT2D eigenvalue weighted by molar-refractivity contribution is 6.06. The number of hydrogen-bond acceptors (Lipinski definition) is 4. The number of benzene rings is 2. The van der Waals surface area contributed by atoms with Crippen molar-refractivity contribution < 1.29 is 19.1 Å². The number of para-hydroxylation sites is 1. The van der Waals surface area contributed by atoms with Crippen LogP contribution >= 0.6 is 0 Å². The number of carbonyl (C=O) groups excluding carboxylic acids is 2. The lowest BCUT2D eigenvalue weighted by Crippen LogP contribution is -2.24. The van der Waals surface area contributed by atoms with Gasteiger partial charge in [0.15, 0.2) is 0 Å². The van der Waals surface area contributed by atoms with Crippen LogP contribution in [-0.2, 0) is 9.53 Å². The normalized spacial score (nSPS) is 14.2. The van der Waals surface area contributed by atoms with E-state index in [0.29, 0.717) is 42.5 Å². The summed E-state index contributed by atoms with van der Waals surface area (Å²) >= 11 is 0. The van der Waals surface area contributed by atoms with Crippen molar-refractivity contribution in [1.82, 2.24) is 0 Å². The van der Waals surface area contributed by atoms with E-state index in [0.717, 1.165) is 25.7 Å². The fourth-order valence-corrected chi connectivity index (χ4v) is 3.62. The Kier molecular flexibility index (Phi) is 8.27. The van der Waals surface area contributed by atoms with E-state index >= 15 is 0 Å². The maximum atomic E-state index is 12.8. The molecule has 0 aromatic heterocycles. The van der Waals surface area contributed by atoms with Crippen LogP contribution in [0.5, 0.6) is 5.75 Å². The largest absolute Gasteiger partial charge is 0.490 e. The van der Waals surface area contributed by atoms with Gasteiger partial charge < -0.3 is 20.1 Å². The Labute approximate surface area is 178 Å². The van der Waals surface area contributed by atoms with E-state index in [-0.39, 0.29) is 17.7 Å². The van der Waals surface area contributed by atoms with E-state index in [4.69, 9.17) is 9.47 Å². The zero-order chi connectivity index (χ0) is 21.2. The third kappa shape index (κ3) is 6.32. The second kappa shape index (κ2) is 11.4. The summed E-state index contributed by atoms with van der Waals surface area (Å²) in [5.41, 5.74) is 1.75. The first kappa shape index (κ1) is 21.8. The molecule has 1 fully saturated rings. The van der Waals surface area contributed by atoms with Crippen LogP contribution in [0.2, 0.25) is 0 Å². The van der Waals surface area contributed by atoms with Crippen LogP contribution in [0.1, 0.15) is 49.4 Å². The molecule has 0 saturated heterocycles. The number of nitrogens with one attached hydrogen (secondary N) is 2. The zero-order valence-corrected chi connectivity index (χ0v) is 17.5. The van der Waals surface area contributed by atoms with Gasteiger partial charge in [-0.3, -0.25) is 9.59 Å². The minimum atomic E-state index is -0.266. The Hall–Kier alpha value is -2.86. The van der Waals surface area contributed by atoms with Gasteiger partial charge in [-0.05, 0) is 50.1 Å². The van der Waals surface area contributed by atoms with Gasteiger partial charge in [0.1, 0.15) is 12.4 Å². The first-order valence-electron chi connectivity index (χ1n) is 10.7. The fraction of sp³-hybridized carbons (Fsp3) is 0.417. The van der Waals surface area contributed by atoms with Crippen LogP contribution in [-0.4, -0.2) is 31.6 Å². The van der Waals surface area contributed by atoms with Crippen LogP contribution in [0.4, 0.5) is 11.4 Å². The van der Waals surface area contributed by atoms with E-state index < -0.39 is 0 Å². The summed E-state index contributed by atoms with van der Waals surface area (Å²) in [6.45, 7) is 3.39. The number of carbonyl (C=O) groups is 2. The molecule has 0 radical (unpaired) electrons. The van der Waals surface area contributed by atoms with Crippen molar-refractivity contribution in [3.8, 4) is 5.75 Å². The van der Waals surface area contributed by atoms with Gasteiger partial charge in [-0.25, -0.2) is 0 Å². The summed E-state index contributed by atoms with van der Waals surface area (Å²) in [6.07, 6.45) is 5.33. The minimum Gasteiger partial charge on any atom is -0.490 e. The molecule has 160 valence electrons. The average Bonchev–Trinajstić information content (AvgIpc) is 2.78. The molecule has 0 spiro atoms. The Morgan fingerprint density at radius 2 is 1.67 bits per heavy atom. The molecule has 2 amide bonds. The molecule has 0 bridgehead atoms. The number of amides is 2. The lowest BCUT2D eigenvalue weighted by molar-refractivity contribution is -0.120. The second-order valence-corrected chi connectivity index (χ2v) is 7.40. The van der Waals surface area contributed by atoms with Crippen LogP contribution in [0.15, 0.2) is 48.5 Å². The fourth-order valence-electron chi connectivity index (χ4n) is 3.62. The van der Waals surface area contributed by atoms with Gasteiger partial charge in [0, 0.05) is 23.9 Å². The molecule has 2 N–H and O–H groups in total. The smallest absolute Gasteiger partial charge is 0.259 e. The molecule has 0 atom stereocenters. The Bertz CT molecular complexity index is 847. The number of anilines is 2. The van der Waals surface area contributed by atoms with Gasteiger partial charge in [-0.1, -0.05) is 37.5 Å². The molecular weight excluding hydrogens is 380 g/mol. The van der Waals surface area contributed by atoms with Crippen molar-refractivity contribution >= 4 is 23.2 Å². The Balaban J connectivity index is 1.62. The number of rotatable bonds is 9. The predicted molar refractivity (Wildman–Crippen MR) is 118 cm³/mol. The van der Waals surface area contributed by atoms with E-state index in [1.54, 1.807) is 30.3 Å². The van der Waals surface area contributed by atoms with Gasteiger partial charge >= 0.3 is 0 Å². The molecular formula is C24H30N2O4. The number of hydrogen-bond donors (Lipinski definition) is 2. The summed E-state index contributed by atoms with van der Waals surface area (Å²) in [5.74, 6) is 0.387. The van der Waals surface area contributed by atoms with Crippen molar-refractivity contribution in [2.24, 2.45) is 5.92 Å². The third-order valence-electron chi connectivity index (χ3n) is 5.18. The zero-order valence-electron chi connectivity index (χ0n) is 17.5. The van der Waals surface area contributed by atoms with Crippen molar-refractivity contribution in [2.45, 2.75) is 39.0 Å². The molecule has 3 rings (SSSR count). The highest BCUT2D eigenvalue weighted by Crippen LogP contribution is 2.26. The molecule has 1 aliphatic rings. The van der Waals surface area contributed by atoms with Gasteiger partial charge in [0.05, 0.1) is 12.2 Å². The Morgan fingerprint density at radius 1 is 0.933 bits per heavy atom. The Morgan fingerprint density at radius 3 is 2.43 bits per heavy atom. The van der Waals surface area contributed by atoms with E-state index in [1.807, 2.05) is 25.1 Å². The quantitative estimate of drug-likeness (QED) is 0.578. The topological polar surface area (TPSA) is 76.7 Å². The SMILES string of the molecule is CCOCCOc1ccccc1C(=O)Nc1cccc(NC(=O)C2CCCCC2)c1. The first-order valence-corrected chi connectivity index (χ1v) is 10.7. The second-order valence-electron chi connectivity index (χ2n) is 7.40. The molecule has 0 unspecified atom stereocenters. The molecule has 1 saturated carbocycles. The van der Waals surface area contributed by atoms with Crippen molar-refractivity contribution in [2.75, 3.05) is 30.5 Å². The highest BCUT2D eigenvalue weighted by atomic mass is 16.5. The summed E-state index contributed by atoms with van der Waals surface area (Å²) in [7, 11) is 0. The monoisotopic (exact) mass is 410 g/mol. The van der Waals surface area contributed by atoms with Crippen LogP contribution in [0.3, 0.4) is 0 Å². The van der Waals surface area contributed by atoms with E-state index in [9.17, 15) is 9.59 Å². The van der Waals surface area contributed by atoms with Gasteiger partial charge in [0.25, 0.3) is 5.91 Å². The lowest BCUT2D eigenvalue weighted by Gasteiger charge is -2.21. The molecule has 2 aromatic carbocycles. The van der Waals surface area contributed by atoms with Gasteiger partial charge in [0.2, 0.25) is 5.91 Å². The van der Waals surface area contributed by atoms with E-state index in [1.165, 1.54) is 6.42 Å². The standard InChI is InChI=1S/C24H30N2O4/c1-2-29-15-16-30-22-14-7-6-13-21(22)24(28)26-20-12-8-11-19(17-20)25-23(27)18-9-4-3-5-10-18/h6-8,11-14,17-18H,2-5,9-10,15-16H2,1H3,(H,25,27)(H,26,28). The van der Waals surface area contributed by atoms with Crippen molar-refractivity contribution in [3.63, 3.8) is 0 Å². The maximum absolute atomic E-state index is 12.8. The maximum Gasteiger partial charge on any atom is 0.259 e. The van der Waals surface area contributed by atoms with Crippen molar-refractivity contribution in [1.29, 1.82) is 0 Å². The predicted octanol–water partition coefficient (Wildman–Crippen LogP) is 4.87. The summed E-state index contributed by atoms with van der Waals surface area (Å²) in [4.78, 5) is 25.3. The first-order chi connectivity index (χ1) is 14.7. The minimum absolute atomic E-state index is 0.0613. The number of ether oxygens (including phenoxy) is 2. The average molecular weight is 411 g/mol. The molecule has 6 heteroatoms. The summed E-state index contributed by atoms with van der Waals surface area (Å²) in [6, 6.07) is 14.3. The summed E-state index contributed by atoms with van der Waals surface area (Å²) in [5, 5.41) is 5.88. The van der Waals surface area contributed by atoms with Crippen LogP contribution in [0.25, 0.3) is 0 Å². The van der Waals surface area contributed by atoms with E-state index in [2.05, 4.69) is 10.6 Å². The van der Waals surface area contributed by atoms with Gasteiger partial charge in [-0.2, -0.15) is 0 Å². The highest BCUT2D eigenvalue weighted by Gasteiger charge is 2.21. The van der Waals surface area contributed by atoms with Crippen LogP contribution in [0, 0.1) is 5.92 Å². The summed E-state index contributed by atoms with van der Waals surface area (Å²) < 4.78 is 11.0. The van der Waals surface area contributed by atoms with Crippen LogP contribution < -0.4 is 15.4 Å². The molecule has 2 aromatic rings. The molecule has 0 aliphatic heterocycles. The molecule has 6 nitrogen and oxygen atoms in total.